The van der Waals surface area contributed by atoms with Crippen LogP contribution >= 0.6 is 0 Å². The van der Waals surface area contributed by atoms with Crippen LogP contribution in [0.15, 0.2) is 29.2 Å². The van der Waals surface area contributed by atoms with Crippen molar-refractivity contribution in [2.75, 3.05) is 7.05 Å². The van der Waals surface area contributed by atoms with Crippen LogP contribution in [0.5, 0.6) is 0 Å². The minimum Gasteiger partial charge on any atom is -0.412 e. The van der Waals surface area contributed by atoms with Crippen LogP contribution in [0.1, 0.15) is 5.56 Å². The van der Waals surface area contributed by atoms with Crippen LogP contribution in [-0.4, -0.2) is 31.8 Å². The highest BCUT2D eigenvalue weighted by molar-refractivity contribution is 7.89. The molecule has 1 atom stereocenters. The molecule has 1 fully saturated rings. The van der Waals surface area contributed by atoms with Crippen LogP contribution in [0.3, 0.4) is 0 Å². The highest BCUT2D eigenvalue weighted by Gasteiger charge is 2.63. The van der Waals surface area contributed by atoms with E-state index in [0.717, 1.165) is 4.31 Å². The lowest BCUT2D eigenvalue weighted by molar-refractivity contribution is -0.141. The largest absolute Gasteiger partial charge is 0.416 e. The number of alkyl carbamates (subject to hydrolysis) is 1. The van der Waals surface area contributed by atoms with Crippen LogP contribution in [0.2, 0.25) is 0 Å². The molecule has 8 heteroatoms. The number of rotatable bonds is 0. The Bertz CT molecular complexity index is 683. The van der Waals surface area contributed by atoms with Gasteiger partial charge in [-0.25, -0.2) is 13.2 Å². The molecule has 94 valence electrons. The average molecular weight is 268 g/mol. The molecule has 1 saturated heterocycles. The second-order valence-corrected chi connectivity index (χ2v) is 5.89. The first-order valence-electron chi connectivity index (χ1n) is 5.03. The van der Waals surface area contributed by atoms with Gasteiger partial charge in [-0.05, 0) is 6.07 Å². The van der Waals surface area contributed by atoms with Gasteiger partial charge in [-0.2, -0.15) is 0 Å². The van der Waals surface area contributed by atoms with E-state index in [1.165, 1.54) is 25.2 Å². The summed E-state index contributed by atoms with van der Waals surface area (Å²) in [4.78, 5) is 23.1. The van der Waals surface area contributed by atoms with Gasteiger partial charge in [0.1, 0.15) is 0 Å². The number of imide groups is 1. The highest BCUT2D eigenvalue weighted by Crippen LogP contribution is 2.45. The summed E-state index contributed by atoms with van der Waals surface area (Å²) in [5.74, 6) is -0.802. The number of carbonyl (C=O) groups is 2. The van der Waals surface area contributed by atoms with Gasteiger partial charge in [0, 0.05) is 12.6 Å². The second-order valence-electron chi connectivity index (χ2n) is 3.96. The summed E-state index contributed by atoms with van der Waals surface area (Å²) in [7, 11) is -2.64. The molecule has 0 aliphatic carbocycles. The first-order valence-corrected chi connectivity index (χ1v) is 6.47. The Kier molecular flexibility index (Phi) is 1.92. The number of fused-ring (bicyclic) bond motifs is 2. The zero-order chi connectivity index (χ0) is 13.1. The number of likely N-dealkylation sites (N-methyl/N-ethyl adjacent to an activating group) is 1. The number of benzene rings is 1. The summed E-state index contributed by atoms with van der Waals surface area (Å²) >= 11 is 0. The van der Waals surface area contributed by atoms with Gasteiger partial charge in [0.15, 0.2) is 0 Å². The van der Waals surface area contributed by atoms with Crippen molar-refractivity contribution in [3.8, 4) is 0 Å². The number of nitrogens with one attached hydrogen (secondary N) is 1. The van der Waals surface area contributed by atoms with Gasteiger partial charge in [0.05, 0.1) is 4.90 Å². The van der Waals surface area contributed by atoms with E-state index in [9.17, 15) is 18.0 Å². The van der Waals surface area contributed by atoms with Gasteiger partial charge in [-0.15, -0.1) is 4.31 Å². The molecule has 1 spiro atoms. The fraction of sp³-hybridized carbons (Fsp3) is 0.200. The monoisotopic (exact) mass is 268 g/mol. The minimum absolute atomic E-state index is 0.0302. The molecule has 1 N–H and O–H groups in total. The van der Waals surface area contributed by atoms with Crippen molar-refractivity contribution >= 4 is 22.0 Å². The van der Waals surface area contributed by atoms with E-state index in [-0.39, 0.29) is 10.5 Å². The molecule has 3 rings (SSSR count). The van der Waals surface area contributed by atoms with Crippen molar-refractivity contribution in [2.24, 2.45) is 0 Å². The van der Waals surface area contributed by atoms with E-state index in [2.05, 4.69) is 0 Å². The van der Waals surface area contributed by atoms with Crippen molar-refractivity contribution in [2.45, 2.75) is 10.6 Å². The second kappa shape index (κ2) is 3.09. The number of amides is 2. The molecule has 0 saturated carbocycles. The maximum absolute atomic E-state index is 12.2. The van der Waals surface area contributed by atoms with Gasteiger partial charge in [-0.3, -0.25) is 10.1 Å². The molecule has 2 amide bonds. The smallest absolute Gasteiger partial charge is 0.412 e. The number of hydrogen-bond acceptors (Lipinski definition) is 5. The summed E-state index contributed by atoms with van der Waals surface area (Å²) in [5.41, 5.74) is -1.76. The highest BCUT2D eigenvalue weighted by atomic mass is 32.2. The molecule has 18 heavy (non-hydrogen) atoms. The Morgan fingerprint density at radius 1 is 1.28 bits per heavy atom. The molecule has 2 aliphatic rings. The van der Waals surface area contributed by atoms with E-state index in [0.29, 0.717) is 0 Å². The molecule has 2 aliphatic heterocycles. The van der Waals surface area contributed by atoms with Crippen molar-refractivity contribution in [1.29, 1.82) is 0 Å². The topological polar surface area (TPSA) is 92.8 Å². The summed E-state index contributed by atoms with van der Waals surface area (Å²) in [6, 6.07) is 5.94. The SMILES string of the molecule is CN1C2(OC(=O)NC2=O)c2ccccc2S1(=O)=O. The van der Waals surface area contributed by atoms with Gasteiger partial charge in [0.25, 0.3) is 11.6 Å². The van der Waals surface area contributed by atoms with Crippen molar-refractivity contribution in [3.05, 3.63) is 29.8 Å². The molecular weight excluding hydrogens is 260 g/mol. The molecule has 2 heterocycles. The molecule has 1 aromatic carbocycles. The standard InChI is InChI=1S/C10H8N2O5S/c1-12-10(8(13)11-9(14)17-10)6-4-2-3-5-7(6)18(12,15)16/h2-5H,1H3,(H,11,13,14). The fourth-order valence-electron chi connectivity index (χ4n) is 2.23. The number of nitrogens with zero attached hydrogens (tertiary/aromatic N) is 1. The fourth-order valence-corrected chi connectivity index (χ4v) is 3.81. The van der Waals surface area contributed by atoms with E-state index < -0.39 is 27.7 Å². The van der Waals surface area contributed by atoms with E-state index in [1.54, 1.807) is 6.07 Å². The summed E-state index contributed by atoms with van der Waals surface area (Å²) in [6.07, 6.45) is -0.959. The van der Waals surface area contributed by atoms with E-state index in [1.807, 2.05) is 5.32 Å². The third-order valence-corrected chi connectivity index (χ3v) is 4.99. The Morgan fingerprint density at radius 3 is 2.56 bits per heavy atom. The Labute approximate surface area is 102 Å². The zero-order valence-corrected chi connectivity index (χ0v) is 10.0. The summed E-state index contributed by atoms with van der Waals surface area (Å²) < 4.78 is 30.0. The Balaban J connectivity index is 2.37. The van der Waals surface area contributed by atoms with Crippen LogP contribution < -0.4 is 5.32 Å². The van der Waals surface area contributed by atoms with E-state index >= 15 is 0 Å². The lowest BCUT2D eigenvalue weighted by atomic mass is 10.0. The molecule has 0 bridgehead atoms. The number of hydrogen-bond donors (Lipinski definition) is 1. The maximum atomic E-state index is 12.2. The third kappa shape index (κ3) is 1.04. The van der Waals surface area contributed by atoms with Crippen molar-refractivity contribution in [3.63, 3.8) is 0 Å². The molecule has 1 unspecified atom stereocenters. The quantitative estimate of drug-likeness (QED) is 0.699. The van der Waals surface area contributed by atoms with E-state index in [4.69, 9.17) is 4.74 Å². The Morgan fingerprint density at radius 2 is 1.94 bits per heavy atom. The van der Waals surface area contributed by atoms with Gasteiger partial charge in [0.2, 0.25) is 10.0 Å². The number of sulfonamides is 1. The first kappa shape index (κ1) is 11.2. The predicted octanol–water partition coefficient (Wildman–Crippen LogP) is -0.260. The lowest BCUT2D eigenvalue weighted by Gasteiger charge is -2.25. The maximum Gasteiger partial charge on any atom is 0.416 e. The average Bonchev–Trinajstić information content (AvgIpc) is 2.71. The molecule has 7 nitrogen and oxygen atoms in total. The molecular formula is C10H8N2O5S. The van der Waals surface area contributed by atoms with Crippen LogP contribution in [0.4, 0.5) is 4.79 Å². The predicted molar refractivity (Wildman–Crippen MR) is 57.7 cm³/mol. The zero-order valence-electron chi connectivity index (χ0n) is 9.21. The minimum atomic E-state index is -3.84. The lowest BCUT2D eigenvalue weighted by Crippen LogP contribution is -2.47. The Hall–Kier alpha value is -1.93. The van der Waals surface area contributed by atoms with Crippen molar-refractivity contribution in [1.82, 2.24) is 9.62 Å². The molecule has 1 aromatic rings. The summed E-state index contributed by atoms with van der Waals surface area (Å²) in [6.45, 7) is 0. The molecule has 0 radical (unpaired) electrons. The van der Waals surface area contributed by atoms with Gasteiger partial charge in [-0.1, -0.05) is 18.2 Å². The van der Waals surface area contributed by atoms with Crippen LogP contribution in [0.25, 0.3) is 0 Å². The van der Waals surface area contributed by atoms with Crippen molar-refractivity contribution < 1.29 is 22.7 Å². The van der Waals surface area contributed by atoms with Crippen LogP contribution in [0, 0.1) is 0 Å². The van der Waals surface area contributed by atoms with Gasteiger partial charge < -0.3 is 4.74 Å². The number of ether oxygens (including phenoxy) is 1. The molecule has 0 aromatic heterocycles. The third-order valence-electron chi connectivity index (χ3n) is 3.10. The normalized spacial score (nSPS) is 29.2. The van der Waals surface area contributed by atoms with Gasteiger partial charge >= 0.3 is 6.09 Å². The first-order chi connectivity index (χ1) is 8.40. The number of carbonyl (C=O) groups excluding carboxylic acids is 2. The van der Waals surface area contributed by atoms with Crippen LogP contribution in [-0.2, 0) is 25.3 Å². The summed E-state index contributed by atoms with van der Waals surface area (Å²) in [5, 5.41) is 1.95.